The van der Waals surface area contributed by atoms with Crippen molar-refractivity contribution in [3.63, 3.8) is 0 Å². The lowest BCUT2D eigenvalue weighted by atomic mass is 10.1. The molecule has 0 saturated heterocycles. The first-order valence-electron chi connectivity index (χ1n) is 7.04. The molecule has 0 aromatic rings. The van der Waals surface area contributed by atoms with Gasteiger partial charge in [0.25, 0.3) is 10.2 Å². The van der Waals surface area contributed by atoms with Crippen molar-refractivity contribution < 1.29 is 39.3 Å². The number of nitrogens with zero attached hydrogens (tertiary/aromatic N) is 2. The summed E-state index contributed by atoms with van der Waals surface area (Å²) in [7, 11) is 0. The maximum atomic E-state index is 11.5. The predicted molar refractivity (Wildman–Crippen MR) is 76.9 cm³/mol. The Bertz CT molecular complexity index is 497. The van der Waals surface area contributed by atoms with Gasteiger partial charge >= 0.3 is 5.97 Å². The summed E-state index contributed by atoms with van der Waals surface area (Å²) >= 11 is 0. The quantitative estimate of drug-likeness (QED) is 0.244. The minimum Gasteiger partial charge on any atom is -0.480 e. The van der Waals surface area contributed by atoms with Gasteiger partial charge in [-0.2, -0.15) is 0 Å². The molecular formula is C11H18N4O10. The molecule has 0 bridgehead atoms. The van der Waals surface area contributed by atoms with Gasteiger partial charge in [-0.15, -0.1) is 20.2 Å². The van der Waals surface area contributed by atoms with E-state index in [1.54, 1.807) is 0 Å². The molecule has 0 radical (unpaired) electrons. The number of nitrogens with one attached hydrogen (secondary N) is 2. The summed E-state index contributed by atoms with van der Waals surface area (Å²) in [4.78, 5) is 61.4. The van der Waals surface area contributed by atoms with Gasteiger partial charge in [-0.25, -0.2) is 0 Å². The number of hydrogen-bond acceptors (Lipinski definition) is 9. The van der Waals surface area contributed by atoms with E-state index < -0.39 is 47.2 Å². The Morgan fingerprint density at radius 3 is 2.24 bits per heavy atom. The minimum atomic E-state index is -1.19. The van der Waals surface area contributed by atoms with E-state index in [-0.39, 0.29) is 32.2 Å². The van der Waals surface area contributed by atoms with Gasteiger partial charge in [0, 0.05) is 19.4 Å². The monoisotopic (exact) mass is 366 g/mol. The van der Waals surface area contributed by atoms with Gasteiger partial charge in [0.2, 0.25) is 11.8 Å². The van der Waals surface area contributed by atoms with E-state index in [0.29, 0.717) is 0 Å². The molecule has 0 heterocycles. The molecule has 2 amide bonds. The van der Waals surface area contributed by atoms with Crippen LogP contribution >= 0.6 is 0 Å². The third kappa shape index (κ3) is 14.2. The fourth-order valence-electron chi connectivity index (χ4n) is 1.59. The predicted octanol–water partition coefficient (Wildman–Crippen LogP) is -1.35. The van der Waals surface area contributed by atoms with E-state index in [2.05, 4.69) is 20.3 Å². The number of aliphatic carboxylic acids is 1. The number of carbonyl (C=O) groups excluding carboxylic acids is 2. The third-order valence-electron chi connectivity index (χ3n) is 2.64. The highest BCUT2D eigenvalue weighted by Gasteiger charge is 2.16. The zero-order valence-electron chi connectivity index (χ0n) is 13.0. The van der Waals surface area contributed by atoms with E-state index in [9.17, 15) is 34.6 Å². The Kier molecular flexibility index (Phi) is 10.7. The van der Waals surface area contributed by atoms with Crippen LogP contribution in [0.4, 0.5) is 0 Å². The molecule has 0 aromatic carbocycles. The molecule has 25 heavy (non-hydrogen) atoms. The third-order valence-corrected chi connectivity index (χ3v) is 2.64. The van der Waals surface area contributed by atoms with Crippen LogP contribution in [-0.4, -0.2) is 58.9 Å². The summed E-state index contributed by atoms with van der Waals surface area (Å²) in [5, 5.41) is 31.0. The number of hydrogen-bond donors (Lipinski definition) is 3. The van der Waals surface area contributed by atoms with Crippen LogP contribution in [-0.2, 0) is 24.1 Å². The van der Waals surface area contributed by atoms with Crippen LogP contribution in [0.25, 0.3) is 0 Å². The second kappa shape index (κ2) is 12.3. The molecule has 14 heteroatoms. The Balaban J connectivity index is 3.93. The van der Waals surface area contributed by atoms with Crippen molar-refractivity contribution in [3.05, 3.63) is 20.2 Å². The average Bonchev–Trinajstić information content (AvgIpc) is 2.49. The normalized spacial score (nSPS) is 11.0. The zero-order chi connectivity index (χ0) is 19.2. The first-order chi connectivity index (χ1) is 11.7. The van der Waals surface area contributed by atoms with Crippen molar-refractivity contribution in [1.29, 1.82) is 0 Å². The van der Waals surface area contributed by atoms with Crippen LogP contribution in [0.1, 0.15) is 25.7 Å². The lowest BCUT2D eigenvalue weighted by Gasteiger charge is -2.13. The van der Waals surface area contributed by atoms with Gasteiger partial charge < -0.3 is 25.4 Å². The highest BCUT2D eigenvalue weighted by Crippen LogP contribution is 2.06. The summed E-state index contributed by atoms with van der Waals surface area (Å²) < 4.78 is 0. The average molecular weight is 366 g/mol. The second-order valence-corrected chi connectivity index (χ2v) is 4.63. The smallest absolute Gasteiger partial charge is 0.322 e. The van der Waals surface area contributed by atoms with Crippen LogP contribution in [0.3, 0.4) is 0 Å². The summed E-state index contributed by atoms with van der Waals surface area (Å²) in [6, 6.07) is 0. The van der Waals surface area contributed by atoms with Crippen molar-refractivity contribution in [3.8, 4) is 0 Å². The van der Waals surface area contributed by atoms with Crippen molar-refractivity contribution in [2.75, 3.05) is 19.7 Å². The molecule has 0 aliphatic heterocycles. The summed E-state index contributed by atoms with van der Waals surface area (Å²) in [6.07, 6.45) is -1.23. The molecule has 0 aromatic heterocycles. The molecule has 1 atom stereocenters. The molecule has 0 fully saturated rings. The maximum Gasteiger partial charge on any atom is 0.322 e. The highest BCUT2D eigenvalue weighted by atomic mass is 17.0. The molecule has 0 rings (SSSR count). The van der Waals surface area contributed by atoms with Crippen LogP contribution < -0.4 is 10.6 Å². The molecule has 0 aliphatic carbocycles. The Morgan fingerprint density at radius 2 is 1.68 bits per heavy atom. The SMILES string of the molecule is O=C(O)CNC(=O)CCNC(=O)CCCC(CO[N+](=O)[O-])O[N+](=O)[O-]. The molecule has 3 N–H and O–H groups in total. The zero-order valence-corrected chi connectivity index (χ0v) is 13.0. The lowest BCUT2D eigenvalue weighted by molar-refractivity contribution is -0.790. The number of carboxylic acids is 1. The Morgan fingerprint density at radius 1 is 1.04 bits per heavy atom. The Labute approximate surface area is 140 Å². The minimum absolute atomic E-state index is 0.0104. The Hall–Kier alpha value is -3.19. The van der Waals surface area contributed by atoms with Gasteiger partial charge in [0.1, 0.15) is 19.3 Å². The first-order valence-corrected chi connectivity index (χ1v) is 7.04. The summed E-state index contributed by atoms with van der Waals surface area (Å²) in [5.74, 6) is -2.18. The maximum absolute atomic E-state index is 11.5. The van der Waals surface area contributed by atoms with Crippen molar-refractivity contribution in [2.24, 2.45) is 0 Å². The van der Waals surface area contributed by atoms with Crippen molar-refractivity contribution in [2.45, 2.75) is 31.8 Å². The molecule has 142 valence electrons. The molecule has 0 spiro atoms. The van der Waals surface area contributed by atoms with Crippen molar-refractivity contribution >= 4 is 17.8 Å². The highest BCUT2D eigenvalue weighted by molar-refractivity contribution is 5.82. The number of rotatable bonds is 14. The molecular weight excluding hydrogens is 348 g/mol. The van der Waals surface area contributed by atoms with Gasteiger partial charge in [-0.3, -0.25) is 14.4 Å². The lowest BCUT2D eigenvalue weighted by Crippen LogP contribution is -2.33. The topological polar surface area (TPSA) is 200 Å². The van der Waals surface area contributed by atoms with Gasteiger partial charge in [0.15, 0.2) is 0 Å². The van der Waals surface area contributed by atoms with Crippen LogP contribution in [0.2, 0.25) is 0 Å². The first kappa shape index (κ1) is 21.8. The van der Waals surface area contributed by atoms with Crippen LogP contribution in [0, 0.1) is 20.2 Å². The molecule has 0 aliphatic rings. The summed E-state index contributed by atoms with van der Waals surface area (Å²) in [5.41, 5.74) is 0. The number of carbonyl (C=O) groups is 3. The van der Waals surface area contributed by atoms with Gasteiger partial charge in [0.05, 0.1) is 0 Å². The van der Waals surface area contributed by atoms with Gasteiger partial charge in [-0.1, -0.05) is 0 Å². The second-order valence-electron chi connectivity index (χ2n) is 4.63. The number of carboxylic acid groups (broad SMARTS) is 1. The van der Waals surface area contributed by atoms with Crippen LogP contribution in [0.15, 0.2) is 0 Å². The van der Waals surface area contributed by atoms with Crippen LogP contribution in [0.5, 0.6) is 0 Å². The van der Waals surface area contributed by atoms with E-state index in [4.69, 9.17) is 5.11 Å². The van der Waals surface area contributed by atoms with E-state index in [1.807, 2.05) is 0 Å². The summed E-state index contributed by atoms with van der Waals surface area (Å²) in [6.45, 7) is -1.17. The van der Waals surface area contributed by atoms with Gasteiger partial charge in [-0.05, 0) is 12.8 Å². The molecule has 1 unspecified atom stereocenters. The van der Waals surface area contributed by atoms with E-state index in [0.717, 1.165) is 0 Å². The fourth-order valence-corrected chi connectivity index (χ4v) is 1.59. The van der Waals surface area contributed by atoms with E-state index >= 15 is 0 Å². The fraction of sp³-hybridized carbons (Fsp3) is 0.727. The van der Waals surface area contributed by atoms with E-state index in [1.165, 1.54) is 0 Å². The molecule has 14 nitrogen and oxygen atoms in total. The number of amides is 2. The molecule has 0 saturated carbocycles. The largest absolute Gasteiger partial charge is 0.480 e. The standard InChI is InChI=1S/C11H18N4O10/c16-9(12-5-4-10(17)13-6-11(18)19)3-1-2-8(25-15(22)23)7-24-14(20)21/h8H,1-7H2,(H,12,16)(H,13,17)(H,18,19). The van der Waals surface area contributed by atoms with Crippen molar-refractivity contribution in [1.82, 2.24) is 10.6 Å².